The summed E-state index contributed by atoms with van der Waals surface area (Å²) >= 11 is 1.22. The Bertz CT molecular complexity index is 1790. The van der Waals surface area contributed by atoms with Crippen molar-refractivity contribution in [2.75, 3.05) is 6.61 Å². The fourth-order valence-corrected chi connectivity index (χ4v) is 9.93. The smallest absolute Gasteiger partial charge is 0.338 e. The number of aliphatic hydroxyl groups excluding tert-OH is 2. The maximum atomic E-state index is 14.6. The normalized spacial score (nSPS) is 34.6. The predicted octanol–water partition coefficient (Wildman–Crippen LogP) is 2.96. The number of fused-ring (bicyclic) bond motifs is 5. The molecule has 0 radical (unpaired) electrons. The van der Waals surface area contributed by atoms with Gasteiger partial charge in [0.25, 0.3) is 0 Å². The predicted molar refractivity (Wildman–Crippen MR) is 185 cm³/mol. The van der Waals surface area contributed by atoms with Gasteiger partial charge in [-0.05, 0) is 36.1 Å². The molecule has 280 valence electrons. The minimum Gasteiger partial charge on any atom is -0.456 e. The van der Waals surface area contributed by atoms with Crippen LogP contribution >= 0.6 is 11.3 Å². The number of carbonyl (C=O) groups excluding carboxylic acids is 5. The number of hydrogen-bond donors (Lipinski definition) is 4. The van der Waals surface area contributed by atoms with E-state index in [1.807, 2.05) is 0 Å². The first-order chi connectivity index (χ1) is 24.4. The molecule has 52 heavy (non-hydrogen) atoms. The first-order valence-electron chi connectivity index (χ1n) is 17.3. The molecule has 2 heterocycles. The van der Waals surface area contributed by atoms with Crippen LogP contribution in [0.5, 0.6) is 0 Å². The van der Waals surface area contributed by atoms with Crippen LogP contribution in [0.2, 0.25) is 0 Å². The average molecular weight is 740 g/mol. The molecule has 1 aliphatic heterocycles. The van der Waals surface area contributed by atoms with Gasteiger partial charge in [-0.3, -0.25) is 14.4 Å². The number of amides is 1. The molecule has 0 spiro atoms. The number of benzene rings is 1. The third-order valence-corrected chi connectivity index (χ3v) is 12.7. The van der Waals surface area contributed by atoms with Crippen molar-refractivity contribution >= 4 is 40.9 Å². The lowest BCUT2D eigenvalue weighted by Gasteiger charge is -2.67. The van der Waals surface area contributed by atoms with Gasteiger partial charge < -0.3 is 39.6 Å². The lowest BCUT2D eigenvalue weighted by Crippen LogP contribution is -2.80. The van der Waals surface area contributed by atoms with Crippen LogP contribution in [0.4, 0.5) is 0 Å². The molecule has 4 aliphatic rings. The Morgan fingerprint density at radius 1 is 1.04 bits per heavy atom. The number of carbonyl (C=O) groups is 5. The Labute approximate surface area is 305 Å². The summed E-state index contributed by atoms with van der Waals surface area (Å²) in [6.45, 7) is 8.87. The summed E-state index contributed by atoms with van der Waals surface area (Å²) in [6.07, 6.45) is -7.48. The quantitative estimate of drug-likeness (QED) is 0.229. The lowest BCUT2D eigenvalue weighted by molar-refractivity contribution is -0.349. The Morgan fingerprint density at radius 2 is 1.73 bits per heavy atom. The minimum atomic E-state index is -2.21. The van der Waals surface area contributed by atoms with Gasteiger partial charge in [0.05, 0.1) is 24.2 Å². The van der Waals surface area contributed by atoms with Crippen molar-refractivity contribution in [3.63, 3.8) is 0 Å². The molecule has 13 nitrogen and oxygen atoms in total. The number of thiophene rings is 1. The molecular formula is C38H45NO12S. The fourth-order valence-electron chi connectivity index (χ4n) is 9.12. The van der Waals surface area contributed by atoms with Gasteiger partial charge in [-0.15, -0.1) is 11.3 Å². The summed E-state index contributed by atoms with van der Waals surface area (Å²) in [6, 6.07) is 10.3. The van der Waals surface area contributed by atoms with Crippen LogP contribution in [-0.2, 0) is 38.1 Å². The maximum Gasteiger partial charge on any atom is 0.338 e. The largest absolute Gasteiger partial charge is 0.456 e. The number of esters is 3. The molecule has 2 bridgehead atoms. The number of Topliss-reactive ketones (excluding diaryl/α,β-unsaturated/α-hetero) is 1. The molecule has 2 aromatic rings. The van der Waals surface area contributed by atoms with E-state index in [2.05, 4.69) is 5.32 Å². The Morgan fingerprint density at radius 3 is 2.31 bits per heavy atom. The minimum absolute atomic E-state index is 0.0184. The van der Waals surface area contributed by atoms with Crippen LogP contribution < -0.4 is 5.32 Å². The van der Waals surface area contributed by atoms with Gasteiger partial charge >= 0.3 is 17.9 Å². The first-order valence-corrected chi connectivity index (χ1v) is 18.2. The standard InChI is InChI=1S/C38H45NO12S/c1-19-24(49-34(46)30(44)29(39-20(2)40)25-13-10-14-52-25)17-38(47)32(50-33(45)22-11-8-7-9-12-22)31-36(6,16-23(42)28(19)35(38,4)5)26(43)15-27-37(31,18-48-27)51-21(3)41/h7-14,24,26-27,29-32,43-44,47H,15-18H2,1-6H3,(H,39,40)/t24?,26?,27?,29?,30?,31?,32?,36-,37?,38?/m1/s1. The molecular weight excluding hydrogens is 694 g/mol. The van der Waals surface area contributed by atoms with E-state index in [0.29, 0.717) is 10.5 Å². The SMILES string of the molecule is CC(=O)NC(c1cccs1)C(O)C(=O)OC1CC2(O)C(OC(=O)c3ccccc3)C3C4(OC(C)=O)COC4CC(O)[C@@]3(C)CC(=O)C(=C1C)C2(C)C. The molecule has 14 heteroatoms. The van der Waals surface area contributed by atoms with Gasteiger partial charge in [0.1, 0.15) is 30.0 Å². The van der Waals surface area contributed by atoms with E-state index >= 15 is 0 Å². The second-order valence-corrected chi connectivity index (χ2v) is 16.2. The molecule has 1 aromatic carbocycles. The van der Waals surface area contributed by atoms with Crippen molar-refractivity contribution in [3.05, 3.63) is 69.4 Å². The van der Waals surface area contributed by atoms with E-state index in [0.717, 1.165) is 0 Å². The fraction of sp³-hybridized carbons (Fsp3) is 0.553. The third-order valence-electron chi connectivity index (χ3n) is 11.8. The van der Waals surface area contributed by atoms with Crippen LogP contribution in [0, 0.1) is 16.7 Å². The van der Waals surface area contributed by atoms with E-state index in [1.54, 1.807) is 63.4 Å². The van der Waals surface area contributed by atoms with Gasteiger partial charge in [0, 0.05) is 54.4 Å². The van der Waals surface area contributed by atoms with Gasteiger partial charge in [-0.2, -0.15) is 0 Å². The molecule has 10 atom stereocenters. The van der Waals surface area contributed by atoms with E-state index in [4.69, 9.17) is 18.9 Å². The maximum absolute atomic E-state index is 14.6. The van der Waals surface area contributed by atoms with Crippen molar-refractivity contribution in [1.29, 1.82) is 0 Å². The van der Waals surface area contributed by atoms with Gasteiger partial charge in [-0.25, -0.2) is 9.59 Å². The number of ether oxygens (including phenoxy) is 4. The second kappa shape index (κ2) is 13.5. The molecule has 1 saturated heterocycles. The zero-order chi connectivity index (χ0) is 38.0. The van der Waals surface area contributed by atoms with Gasteiger partial charge in [0.15, 0.2) is 17.5 Å². The first kappa shape index (κ1) is 37.8. The van der Waals surface area contributed by atoms with Crippen LogP contribution in [-0.4, -0.2) is 93.2 Å². The van der Waals surface area contributed by atoms with Crippen LogP contribution in [0.25, 0.3) is 0 Å². The number of rotatable bonds is 8. The highest BCUT2D eigenvalue weighted by Gasteiger charge is 2.76. The number of aliphatic hydroxyl groups is 3. The molecule has 9 unspecified atom stereocenters. The summed E-state index contributed by atoms with van der Waals surface area (Å²) in [5.74, 6) is -4.73. The Kier molecular flexibility index (Phi) is 9.79. The van der Waals surface area contributed by atoms with E-state index < -0.39 is 101 Å². The topological polar surface area (TPSA) is 195 Å². The number of nitrogens with one attached hydrogen (secondary N) is 1. The highest BCUT2D eigenvalue weighted by molar-refractivity contribution is 7.10. The zero-order valence-corrected chi connectivity index (χ0v) is 30.7. The second-order valence-electron chi connectivity index (χ2n) is 15.3. The van der Waals surface area contributed by atoms with E-state index in [9.17, 15) is 39.3 Å². The van der Waals surface area contributed by atoms with Crippen molar-refractivity contribution in [1.82, 2.24) is 5.32 Å². The van der Waals surface area contributed by atoms with Gasteiger partial charge in [0.2, 0.25) is 5.91 Å². The molecule has 3 fully saturated rings. The molecule has 1 aromatic heterocycles. The summed E-state index contributed by atoms with van der Waals surface area (Å²) in [5.41, 5.74) is -5.99. The summed E-state index contributed by atoms with van der Waals surface area (Å²) in [7, 11) is 0. The zero-order valence-electron chi connectivity index (χ0n) is 29.9. The summed E-state index contributed by atoms with van der Waals surface area (Å²) < 4.78 is 24.2. The van der Waals surface area contributed by atoms with Crippen LogP contribution in [0.3, 0.4) is 0 Å². The van der Waals surface area contributed by atoms with Crippen molar-refractivity contribution < 1.29 is 58.2 Å². The van der Waals surface area contributed by atoms with E-state index in [1.165, 1.54) is 37.3 Å². The summed E-state index contributed by atoms with van der Waals surface area (Å²) in [4.78, 5) is 67.7. The Hall–Kier alpha value is -3.95. The lowest BCUT2D eigenvalue weighted by atomic mass is 9.45. The molecule has 3 aliphatic carbocycles. The molecule has 6 rings (SSSR count). The van der Waals surface area contributed by atoms with Crippen LogP contribution in [0.15, 0.2) is 59.0 Å². The number of hydrogen-bond acceptors (Lipinski definition) is 13. The van der Waals surface area contributed by atoms with Crippen molar-refractivity contribution in [3.8, 4) is 0 Å². The monoisotopic (exact) mass is 739 g/mol. The highest BCUT2D eigenvalue weighted by Crippen LogP contribution is 2.64. The molecule has 4 N–H and O–H groups in total. The van der Waals surface area contributed by atoms with Crippen molar-refractivity contribution in [2.24, 2.45) is 16.7 Å². The Balaban J connectivity index is 1.50. The third kappa shape index (κ3) is 5.98. The van der Waals surface area contributed by atoms with Gasteiger partial charge in [-0.1, -0.05) is 45.0 Å². The molecule has 1 amide bonds. The van der Waals surface area contributed by atoms with Crippen LogP contribution in [0.1, 0.15) is 82.1 Å². The number of ketones is 1. The molecule has 2 saturated carbocycles. The van der Waals surface area contributed by atoms with Crippen molar-refractivity contribution in [2.45, 2.75) is 109 Å². The summed E-state index contributed by atoms with van der Waals surface area (Å²) in [5, 5.41) is 40.6. The average Bonchev–Trinajstić information content (AvgIpc) is 3.60. The highest BCUT2D eigenvalue weighted by atomic mass is 32.1. The van der Waals surface area contributed by atoms with E-state index in [-0.39, 0.29) is 30.6 Å².